The van der Waals surface area contributed by atoms with E-state index in [9.17, 15) is 26.3 Å². The summed E-state index contributed by atoms with van der Waals surface area (Å²) in [6.07, 6.45) is -8.88. The SMILES string of the molecule is CN(CCCCC(F)(F)F)CCCCC(F)(F)F. The molecule has 0 heterocycles. The van der Waals surface area contributed by atoms with E-state index in [0.717, 1.165) is 0 Å². The third kappa shape index (κ3) is 13.6. The van der Waals surface area contributed by atoms with Crippen LogP contribution in [0.1, 0.15) is 38.5 Å². The summed E-state index contributed by atoms with van der Waals surface area (Å²) in [5.74, 6) is 0. The first kappa shape index (κ1) is 17.5. The molecule has 0 unspecified atom stereocenters. The van der Waals surface area contributed by atoms with Gasteiger partial charge in [-0.15, -0.1) is 0 Å². The first-order valence-corrected chi connectivity index (χ1v) is 5.92. The van der Waals surface area contributed by atoms with Crippen LogP contribution in [-0.4, -0.2) is 37.4 Å². The maximum atomic E-state index is 11.8. The Morgan fingerprint density at radius 3 is 1.28 bits per heavy atom. The van der Waals surface area contributed by atoms with E-state index in [2.05, 4.69) is 0 Å². The van der Waals surface area contributed by atoms with Gasteiger partial charge in [-0.3, -0.25) is 0 Å². The average Bonchev–Trinajstić information content (AvgIpc) is 2.17. The Balaban J connectivity index is 3.41. The molecular formula is C11H19F6N. The third-order valence-electron chi connectivity index (χ3n) is 2.50. The quantitative estimate of drug-likeness (QED) is 0.470. The van der Waals surface area contributed by atoms with Crippen molar-refractivity contribution in [1.29, 1.82) is 0 Å². The summed E-state index contributed by atoms with van der Waals surface area (Å²) in [6, 6.07) is 0. The molecule has 0 radical (unpaired) electrons. The molecule has 0 saturated heterocycles. The largest absolute Gasteiger partial charge is 0.389 e. The van der Waals surface area contributed by atoms with Gasteiger partial charge in [0.05, 0.1) is 0 Å². The maximum Gasteiger partial charge on any atom is 0.389 e. The molecule has 0 N–H and O–H groups in total. The van der Waals surface area contributed by atoms with Crippen LogP contribution in [0, 0.1) is 0 Å². The summed E-state index contributed by atoms with van der Waals surface area (Å²) in [5, 5.41) is 0. The van der Waals surface area contributed by atoms with Gasteiger partial charge in [0.1, 0.15) is 0 Å². The zero-order valence-electron chi connectivity index (χ0n) is 10.4. The highest BCUT2D eigenvalue weighted by Crippen LogP contribution is 2.23. The second-order valence-electron chi connectivity index (χ2n) is 4.45. The van der Waals surface area contributed by atoms with E-state index in [4.69, 9.17) is 0 Å². The van der Waals surface area contributed by atoms with Crippen LogP contribution in [0.4, 0.5) is 26.3 Å². The Morgan fingerprint density at radius 2 is 1.00 bits per heavy atom. The van der Waals surface area contributed by atoms with Crippen LogP contribution in [0.3, 0.4) is 0 Å². The molecule has 0 aromatic heterocycles. The van der Waals surface area contributed by atoms with Gasteiger partial charge in [-0.25, -0.2) is 0 Å². The predicted molar refractivity (Wildman–Crippen MR) is 57.3 cm³/mol. The van der Waals surface area contributed by atoms with E-state index in [0.29, 0.717) is 25.9 Å². The van der Waals surface area contributed by atoms with Gasteiger partial charge in [0, 0.05) is 12.8 Å². The number of hydrogen-bond acceptors (Lipinski definition) is 1. The lowest BCUT2D eigenvalue weighted by Crippen LogP contribution is -2.22. The molecular weight excluding hydrogens is 260 g/mol. The minimum absolute atomic E-state index is 0.0659. The number of hydrogen-bond donors (Lipinski definition) is 0. The summed E-state index contributed by atoms with van der Waals surface area (Å²) >= 11 is 0. The van der Waals surface area contributed by atoms with Crippen molar-refractivity contribution in [3.05, 3.63) is 0 Å². The van der Waals surface area contributed by atoms with Crippen molar-refractivity contribution in [2.45, 2.75) is 50.9 Å². The Morgan fingerprint density at radius 1 is 0.667 bits per heavy atom. The molecule has 18 heavy (non-hydrogen) atoms. The first-order chi connectivity index (χ1) is 8.10. The monoisotopic (exact) mass is 279 g/mol. The molecule has 0 rings (SSSR count). The Kier molecular flexibility index (Phi) is 7.66. The van der Waals surface area contributed by atoms with Crippen LogP contribution in [0.5, 0.6) is 0 Å². The van der Waals surface area contributed by atoms with E-state index in [1.165, 1.54) is 0 Å². The normalized spacial score (nSPS) is 13.3. The van der Waals surface area contributed by atoms with Gasteiger partial charge in [-0.1, -0.05) is 0 Å². The van der Waals surface area contributed by atoms with Crippen molar-refractivity contribution in [3.8, 4) is 0 Å². The standard InChI is InChI=1S/C11H19F6N/c1-18(8-4-2-6-10(12,13)14)9-5-3-7-11(15,16)17/h2-9H2,1H3. The summed E-state index contributed by atoms with van der Waals surface area (Å²) in [7, 11) is 1.71. The minimum Gasteiger partial charge on any atom is -0.306 e. The highest BCUT2D eigenvalue weighted by molar-refractivity contribution is 4.57. The lowest BCUT2D eigenvalue weighted by Gasteiger charge is -2.16. The lowest BCUT2D eigenvalue weighted by molar-refractivity contribution is -0.136. The van der Waals surface area contributed by atoms with Gasteiger partial charge < -0.3 is 4.90 Å². The van der Waals surface area contributed by atoms with Crippen molar-refractivity contribution in [2.24, 2.45) is 0 Å². The fourth-order valence-corrected chi connectivity index (χ4v) is 1.53. The van der Waals surface area contributed by atoms with Crippen molar-refractivity contribution in [2.75, 3.05) is 20.1 Å². The lowest BCUT2D eigenvalue weighted by atomic mass is 10.2. The molecule has 0 bridgehead atoms. The average molecular weight is 279 g/mol. The van der Waals surface area contributed by atoms with Crippen LogP contribution in [0.15, 0.2) is 0 Å². The number of unbranched alkanes of at least 4 members (excludes halogenated alkanes) is 2. The van der Waals surface area contributed by atoms with E-state index < -0.39 is 25.2 Å². The zero-order chi connectivity index (χ0) is 14.2. The summed E-state index contributed by atoms with van der Waals surface area (Å²) < 4.78 is 70.9. The van der Waals surface area contributed by atoms with E-state index in [-0.39, 0.29) is 12.8 Å². The number of alkyl halides is 6. The predicted octanol–water partition coefficient (Wildman–Crippen LogP) is 4.38. The number of halogens is 6. The third-order valence-corrected chi connectivity index (χ3v) is 2.50. The second-order valence-corrected chi connectivity index (χ2v) is 4.45. The van der Waals surface area contributed by atoms with E-state index in [1.807, 2.05) is 0 Å². The molecule has 0 aliphatic heterocycles. The van der Waals surface area contributed by atoms with Crippen LogP contribution in [-0.2, 0) is 0 Å². The fourth-order valence-electron chi connectivity index (χ4n) is 1.53. The van der Waals surface area contributed by atoms with Gasteiger partial charge >= 0.3 is 12.4 Å². The van der Waals surface area contributed by atoms with Crippen LogP contribution in [0.2, 0.25) is 0 Å². The molecule has 110 valence electrons. The van der Waals surface area contributed by atoms with Crippen molar-refractivity contribution in [3.63, 3.8) is 0 Å². The van der Waals surface area contributed by atoms with Gasteiger partial charge in [-0.2, -0.15) is 26.3 Å². The van der Waals surface area contributed by atoms with Gasteiger partial charge in [0.15, 0.2) is 0 Å². The van der Waals surface area contributed by atoms with Gasteiger partial charge in [0.25, 0.3) is 0 Å². The molecule has 0 aliphatic carbocycles. The second kappa shape index (κ2) is 7.86. The minimum atomic E-state index is -4.12. The van der Waals surface area contributed by atoms with Crippen LogP contribution in [0.25, 0.3) is 0 Å². The molecule has 0 aromatic rings. The Labute approximate surface area is 103 Å². The molecule has 0 atom stereocenters. The van der Waals surface area contributed by atoms with Crippen molar-refractivity contribution < 1.29 is 26.3 Å². The smallest absolute Gasteiger partial charge is 0.306 e. The summed E-state index contributed by atoms with van der Waals surface area (Å²) in [5.41, 5.74) is 0. The molecule has 0 fully saturated rings. The molecule has 0 aromatic carbocycles. The highest BCUT2D eigenvalue weighted by atomic mass is 19.4. The van der Waals surface area contributed by atoms with E-state index in [1.54, 1.807) is 11.9 Å². The van der Waals surface area contributed by atoms with Crippen molar-refractivity contribution >= 4 is 0 Å². The molecule has 0 aliphatic rings. The van der Waals surface area contributed by atoms with Crippen molar-refractivity contribution in [1.82, 2.24) is 4.90 Å². The molecule has 7 heteroatoms. The Bertz CT molecular complexity index is 189. The molecule has 1 nitrogen and oxygen atoms in total. The van der Waals surface area contributed by atoms with Gasteiger partial charge in [-0.05, 0) is 45.8 Å². The number of rotatable bonds is 8. The maximum absolute atomic E-state index is 11.8. The van der Waals surface area contributed by atoms with Gasteiger partial charge in [0.2, 0.25) is 0 Å². The summed E-state index contributed by atoms with van der Waals surface area (Å²) in [4.78, 5) is 1.77. The van der Waals surface area contributed by atoms with Crippen LogP contribution < -0.4 is 0 Å². The fraction of sp³-hybridized carbons (Fsp3) is 1.00. The molecule has 0 saturated carbocycles. The first-order valence-electron chi connectivity index (χ1n) is 5.92. The van der Waals surface area contributed by atoms with Crippen LogP contribution >= 0.6 is 0 Å². The summed E-state index contributed by atoms with van der Waals surface area (Å²) in [6.45, 7) is 0.976. The van der Waals surface area contributed by atoms with E-state index >= 15 is 0 Å². The number of nitrogens with zero attached hydrogens (tertiary/aromatic N) is 1. The Hall–Kier alpha value is -0.460. The topological polar surface area (TPSA) is 3.24 Å². The highest BCUT2D eigenvalue weighted by Gasteiger charge is 2.26. The zero-order valence-corrected chi connectivity index (χ0v) is 10.4. The molecule has 0 amide bonds. The molecule has 0 spiro atoms.